The van der Waals surface area contributed by atoms with Gasteiger partial charge in [0.1, 0.15) is 12.4 Å². The minimum Gasteiger partial charge on any atom is -0.491 e. The Hall–Kier alpha value is -1.63. The number of nitrogens with one attached hydrogen (secondary N) is 1. The molecule has 0 aromatic heterocycles. The number of methoxy groups -OCH3 is 1. The maximum atomic E-state index is 11.6. The van der Waals surface area contributed by atoms with E-state index in [-0.39, 0.29) is 5.91 Å². The molecule has 0 saturated carbocycles. The number of likely N-dealkylation sites (N-methyl/N-ethyl adjacent to an activating group) is 1. The average Bonchev–Trinajstić information content (AvgIpc) is 2.47. The Kier molecular flexibility index (Phi) is 7.00. The van der Waals surface area contributed by atoms with E-state index < -0.39 is 0 Å². The number of hydrogen-bond donors (Lipinski definition) is 2. The summed E-state index contributed by atoms with van der Waals surface area (Å²) in [6, 6.07) is 7.33. The number of amides is 1. The van der Waals surface area contributed by atoms with Gasteiger partial charge in [-0.15, -0.1) is 0 Å². The van der Waals surface area contributed by atoms with Gasteiger partial charge in [0.2, 0.25) is 0 Å². The molecule has 0 aliphatic rings. The van der Waals surface area contributed by atoms with E-state index in [1.54, 1.807) is 25.3 Å². The third kappa shape index (κ3) is 4.80. The Labute approximate surface area is 119 Å². The standard InChI is InChI=1S/C14H23N3O3/c1-11(10-19-3)17(2)8-9-20-13-7-5-4-6-12(13)14(18)16-15/h4-7,11H,8-10,15H2,1-3H3,(H,16,18). The van der Waals surface area contributed by atoms with Gasteiger partial charge in [0.15, 0.2) is 0 Å². The first kappa shape index (κ1) is 16.4. The Morgan fingerprint density at radius 1 is 1.45 bits per heavy atom. The number of nitrogen functional groups attached to an aromatic ring is 1. The number of rotatable bonds is 8. The summed E-state index contributed by atoms with van der Waals surface area (Å²) in [5, 5.41) is 0. The molecular weight excluding hydrogens is 258 g/mol. The zero-order chi connectivity index (χ0) is 15.0. The number of nitrogens with two attached hydrogens (primary N) is 1. The monoisotopic (exact) mass is 281 g/mol. The van der Waals surface area contributed by atoms with Crippen LogP contribution in [0.2, 0.25) is 0 Å². The predicted molar refractivity (Wildman–Crippen MR) is 77.6 cm³/mol. The van der Waals surface area contributed by atoms with Crippen LogP contribution in [0.15, 0.2) is 24.3 Å². The number of ether oxygens (including phenoxy) is 2. The first-order chi connectivity index (χ1) is 9.60. The molecule has 0 saturated heterocycles. The highest BCUT2D eigenvalue weighted by molar-refractivity contribution is 5.96. The normalized spacial score (nSPS) is 12.2. The van der Waals surface area contributed by atoms with Crippen molar-refractivity contribution in [3.63, 3.8) is 0 Å². The van der Waals surface area contributed by atoms with E-state index in [0.29, 0.717) is 30.6 Å². The summed E-state index contributed by atoms with van der Waals surface area (Å²) >= 11 is 0. The van der Waals surface area contributed by atoms with Crippen LogP contribution in [0.4, 0.5) is 0 Å². The van der Waals surface area contributed by atoms with E-state index in [0.717, 1.165) is 6.54 Å². The minimum atomic E-state index is -0.360. The quantitative estimate of drug-likeness (QED) is 0.415. The van der Waals surface area contributed by atoms with Crippen LogP contribution in [0, 0.1) is 0 Å². The number of hydrazine groups is 1. The number of carbonyl (C=O) groups is 1. The first-order valence-electron chi connectivity index (χ1n) is 6.52. The van der Waals surface area contributed by atoms with E-state index in [1.165, 1.54) is 0 Å². The molecule has 0 radical (unpaired) electrons. The lowest BCUT2D eigenvalue weighted by Gasteiger charge is -2.24. The van der Waals surface area contributed by atoms with Crippen LogP contribution >= 0.6 is 0 Å². The van der Waals surface area contributed by atoms with Crippen molar-refractivity contribution in [3.8, 4) is 5.75 Å². The minimum absolute atomic E-state index is 0.311. The molecule has 1 aromatic rings. The highest BCUT2D eigenvalue weighted by Crippen LogP contribution is 2.17. The molecule has 1 rings (SSSR count). The van der Waals surface area contributed by atoms with Crippen LogP contribution in [0.25, 0.3) is 0 Å². The van der Waals surface area contributed by atoms with Gasteiger partial charge >= 0.3 is 0 Å². The van der Waals surface area contributed by atoms with E-state index in [4.69, 9.17) is 15.3 Å². The van der Waals surface area contributed by atoms with E-state index in [9.17, 15) is 4.79 Å². The molecule has 1 aromatic carbocycles. The highest BCUT2D eigenvalue weighted by Gasteiger charge is 2.12. The van der Waals surface area contributed by atoms with Gasteiger partial charge in [0.25, 0.3) is 5.91 Å². The van der Waals surface area contributed by atoms with Gasteiger partial charge in [-0.2, -0.15) is 0 Å². The number of carbonyl (C=O) groups excluding carboxylic acids is 1. The molecule has 0 heterocycles. The van der Waals surface area contributed by atoms with Crippen molar-refractivity contribution >= 4 is 5.91 Å². The third-order valence-electron chi connectivity index (χ3n) is 3.12. The first-order valence-corrected chi connectivity index (χ1v) is 6.52. The van der Waals surface area contributed by atoms with Crippen molar-refractivity contribution in [1.29, 1.82) is 0 Å². The van der Waals surface area contributed by atoms with Crippen LogP contribution in [0.1, 0.15) is 17.3 Å². The molecule has 0 bridgehead atoms. The van der Waals surface area contributed by atoms with Gasteiger partial charge in [-0.05, 0) is 26.1 Å². The molecule has 1 unspecified atom stereocenters. The number of nitrogens with zero attached hydrogens (tertiary/aromatic N) is 1. The zero-order valence-corrected chi connectivity index (χ0v) is 12.3. The van der Waals surface area contributed by atoms with Crippen molar-refractivity contribution in [1.82, 2.24) is 10.3 Å². The van der Waals surface area contributed by atoms with Crippen LogP contribution in [-0.4, -0.2) is 50.8 Å². The number of para-hydroxylation sites is 1. The fraction of sp³-hybridized carbons (Fsp3) is 0.500. The van der Waals surface area contributed by atoms with Gasteiger partial charge in [-0.25, -0.2) is 5.84 Å². The summed E-state index contributed by atoms with van der Waals surface area (Å²) in [7, 11) is 3.69. The van der Waals surface area contributed by atoms with Crippen LogP contribution < -0.4 is 16.0 Å². The Morgan fingerprint density at radius 2 is 2.15 bits per heavy atom. The van der Waals surface area contributed by atoms with Crippen molar-refractivity contribution in [2.24, 2.45) is 5.84 Å². The third-order valence-corrected chi connectivity index (χ3v) is 3.12. The van der Waals surface area contributed by atoms with E-state index in [2.05, 4.69) is 17.2 Å². The second-order valence-corrected chi connectivity index (χ2v) is 4.60. The largest absolute Gasteiger partial charge is 0.491 e. The van der Waals surface area contributed by atoms with Gasteiger partial charge < -0.3 is 9.47 Å². The van der Waals surface area contributed by atoms with Crippen LogP contribution in [-0.2, 0) is 4.74 Å². The second kappa shape index (κ2) is 8.52. The SMILES string of the molecule is COCC(C)N(C)CCOc1ccccc1C(=O)NN. The van der Waals surface area contributed by atoms with Crippen molar-refractivity contribution in [2.45, 2.75) is 13.0 Å². The summed E-state index contributed by atoms with van der Waals surface area (Å²) in [5.41, 5.74) is 2.54. The Morgan fingerprint density at radius 3 is 2.80 bits per heavy atom. The molecule has 20 heavy (non-hydrogen) atoms. The second-order valence-electron chi connectivity index (χ2n) is 4.60. The fourth-order valence-corrected chi connectivity index (χ4v) is 1.75. The zero-order valence-electron chi connectivity index (χ0n) is 12.3. The smallest absolute Gasteiger partial charge is 0.268 e. The number of hydrogen-bond acceptors (Lipinski definition) is 5. The van der Waals surface area contributed by atoms with Gasteiger partial charge in [-0.3, -0.25) is 15.1 Å². The Balaban J connectivity index is 2.52. The van der Waals surface area contributed by atoms with Gasteiger partial charge in [-0.1, -0.05) is 12.1 Å². The fourth-order valence-electron chi connectivity index (χ4n) is 1.75. The summed E-state index contributed by atoms with van der Waals surface area (Å²) < 4.78 is 10.8. The van der Waals surface area contributed by atoms with Gasteiger partial charge in [0, 0.05) is 19.7 Å². The Bertz CT molecular complexity index is 426. The van der Waals surface area contributed by atoms with Crippen molar-refractivity contribution in [3.05, 3.63) is 29.8 Å². The molecule has 0 spiro atoms. The molecule has 112 valence electrons. The molecule has 6 heteroatoms. The lowest BCUT2D eigenvalue weighted by molar-refractivity contribution is 0.0944. The molecule has 0 aliphatic heterocycles. The maximum Gasteiger partial charge on any atom is 0.268 e. The summed E-state index contributed by atoms with van der Waals surface area (Å²) in [6.07, 6.45) is 0. The summed E-state index contributed by atoms with van der Waals surface area (Å²) in [5.74, 6) is 5.32. The average molecular weight is 281 g/mol. The number of benzene rings is 1. The summed E-state index contributed by atoms with van der Waals surface area (Å²) in [4.78, 5) is 13.7. The molecule has 0 aliphatic carbocycles. The highest BCUT2D eigenvalue weighted by atomic mass is 16.5. The van der Waals surface area contributed by atoms with E-state index >= 15 is 0 Å². The molecular formula is C14H23N3O3. The van der Waals surface area contributed by atoms with Crippen molar-refractivity contribution < 1.29 is 14.3 Å². The predicted octanol–water partition coefficient (Wildman–Crippen LogP) is 0.636. The molecule has 3 N–H and O–H groups in total. The molecule has 1 amide bonds. The van der Waals surface area contributed by atoms with E-state index in [1.807, 2.05) is 13.1 Å². The van der Waals surface area contributed by atoms with Crippen LogP contribution in [0.5, 0.6) is 5.75 Å². The van der Waals surface area contributed by atoms with Crippen molar-refractivity contribution in [2.75, 3.05) is 33.9 Å². The molecule has 6 nitrogen and oxygen atoms in total. The lowest BCUT2D eigenvalue weighted by atomic mass is 10.2. The topological polar surface area (TPSA) is 76.8 Å². The molecule has 1 atom stereocenters. The van der Waals surface area contributed by atoms with Crippen LogP contribution in [0.3, 0.4) is 0 Å². The maximum absolute atomic E-state index is 11.6. The summed E-state index contributed by atoms with van der Waals surface area (Å²) in [6.45, 7) is 3.98. The molecule has 0 fully saturated rings. The lowest BCUT2D eigenvalue weighted by Crippen LogP contribution is -2.36. The van der Waals surface area contributed by atoms with Gasteiger partial charge in [0.05, 0.1) is 12.2 Å².